The second kappa shape index (κ2) is 11.8. The Kier molecular flexibility index (Phi) is 8.57. The number of hydrogen-bond acceptors (Lipinski definition) is 4. The molecule has 0 bridgehead atoms. The zero-order valence-corrected chi connectivity index (χ0v) is 22.0. The topological polar surface area (TPSA) is 58.6 Å². The largest absolute Gasteiger partial charge is 0.494 e. The van der Waals surface area contributed by atoms with Crippen molar-refractivity contribution in [1.29, 1.82) is 0 Å². The van der Waals surface area contributed by atoms with Crippen LogP contribution in [-0.2, 0) is 17.6 Å². The molecule has 6 heteroatoms. The number of ether oxygens (including phenoxy) is 1. The smallest absolute Gasteiger partial charge is 0.303 e. The number of benzene rings is 3. The molecular weight excluding hydrogens is 473 g/mol. The number of carboxylic acid groups (broad SMARTS) is 1. The van der Waals surface area contributed by atoms with Crippen LogP contribution in [0.3, 0.4) is 0 Å². The minimum Gasteiger partial charge on any atom is -0.494 e. The van der Waals surface area contributed by atoms with E-state index >= 15 is 0 Å². The molecule has 4 rings (SSSR count). The molecular formula is C30H34FNO3S. The van der Waals surface area contributed by atoms with Gasteiger partial charge in [-0.05, 0) is 115 Å². The van der Waals surface area contributed by atoms with Crippen LogP contribution in [0, 0.1) is 19.7 Å². The average Bonchev–Trinajstić information content (AvgIpc) is 2.85. The second-order valence-electron chi connectivity index (χ2n) is 9.48. The Balaban J connectivity index is 1.52. The van der Waals surface area contributed by atoms with Gasteiger partial charge in [-0.3, -0.25) is 4.79 Å². The summed E-state index contributed by atoms with van der Waals surface area (Å²) in [4.78, 5) is 10.9. The quantitative estimate of drug-likeness (QED) is 0.281. The Bertz CT molecular complexity index is 1220. The van der Waals surface area contributed by atoms with Gasteiger partial charge in [-0.1, -0.05) is 24.3 Å². The number of halogens is 1. The van der Waals surface area contributed by atoms with Gasteiger partial charge in [0.25, 0.3) is 0 Å². The van der Waals surface area contributed by atoms with Gasteiger partial charge in [-0.15, -0.1) is 0 Å². The Hall–Kier alpha value is -2.99. The Morgan fingerprint density at radius 1 is 1.17 bits per heavy atom. The lowest BCUT2D eigenvalue weighted by atomic mass is 9.89. The molecule has 1 aliphatic rings. The van der Waals surface area contributed by atoms with Crippen LogP contribution in [0.1, 0.15) is 53.1 Å². The third kappa shape index (κ3) is 6.22. The molecule has 3 aromatic rings. The molecule has 1 heterocycles. The van der Waals surface area contributed by atoms with Gasteiger partial charge in [0.1, 0.15) is 11.6 Å². The normalized spacial score (nSPS) is 14.7. The van der Waals surface area contributed by atoms with E-state index in [2.05, 4.69) is 61.8 Å². The van der Waals surface area contributed by atoms with Crippen molar-refractivity contribution < 1.29 is 19.0 Å². The minimum absolute atomic E-state index is 0.0670. The molecule has 0 aromatic heterocycles. The molecule has 1 atom stereocenters. The molecule has 0 saturated carbocycles. The van der Waals surface area contributed by atoms with Crippen molar-refractivity contribution >= 4 is 23.4 Å². The van der Waals surface area contributed by atoms with Crippen molar-refractivity contribution in [3.8, 4) is 16.9 Å². The van der Waals surface area contributed by atoms with Crippen molar-refractivity contribution in [2.75, 3.05) is 23.9 Å². The van der Waals surface area contributed by atoms with Crippen LogP contribution in [-0.4, -0.2) is 29.7 Å². The summed E-state index contributed by atoms with van der Waals surface area (Å²) in [6, 6.07) is 16.3. The van der Waals surface area contributed by atoms with E-state index in [9.17, 15) is 9.18 Å². The zero-order valence-electron chi connectivity index (χ0n) is 21.2. The van der Waals surface area contributed by atoms with Crippen molar-refractivity contribution in [2.45, 2.75) is 52.0 Å². The van der Waals surface area contributed by atoms with E-state index in [0.29, 0.717) is 5.56 Å². The molecule has 0 fully saturated rings. The highest BCUT2D eigenvalue weighted by Crippen LogP contribution is 2.37. The SMILES string of the molecule is CSCCCOc1cc(C)c(-c2cccc(C3CCc4cc(CCC(=O)O)c(F)cc4N3)c2)c(C)c1. The number of anilines is 1. The zero-order chi connectivity index (χ0) is 25.7. The summed E-state index contributed by atoms with van der Waals surface area (Å²) in [5.74, 6) is 0.755. The first kappa shape index (κ1) is 26.1. The first-order chi connectivity index (χ1) is 17.4. The predicted molar refractivity (Wildman–Crippen MR) is 147 cm³/mol. The van der Waals surface area contributed by atoms with E-state index in [1.54, 1.807) is 0 Å². The number of carbonyl (C=O) groups is 1. The number of rotatable bonds is 10. The molecule has 0 aliphatic carbocycles. The molecule has 2 N–H and O–H groups in total. The van der Waals surface area contributed by atoms with Crippen molar-refractivity contribution in [2.24, 2.45) is 0 Å². The van der Waals surface area contributed by atoms with Crippen LogP contribution in [0.25, 0.3) is 11.1 Å². The lowest BCUT2D eigenvalue weighted by molar-refractivity contribution is -0.136. The Morgan fingerprint density at radius 3 is 2.67 bits per heavy atom. The number of aliphatic carboxylic acids is 1. The molecule has 0 saturated heterocycles. The predicted octanol–water partition coefficient (Wildman–Crippen LogP) is 7.36. The molecule has 3 aromatic carbocycles. The maximum absolute atomic E-state index is 14.6. The summed E-state index contributed by atoms with van der Waals surface area (Å²) in [5, 5.41) is 12.4. The van der Waals surface area contributed by atoms with Crippen molar-refractivity contribution in [1.82, 2.24) is 0 Å². The summed E-state index contributed by atoms with van der Waals surface area (Å²) in [6.07, 6.45) is 4.99. The summed E-state index contributed by atoms with van der Waals surface area (Å²) >= 11 is 1.83. The lowest BCUT2D eigenvalue weighted by Gasteiger charge is -2.28. The highest BCUT2D eigenvalue weighted by atomic mass is 32.2. The fourth-order valence-corrected chi connectivity index (χ4v) is 5.43. The highest BCUT2D eigenvalue weighted by Gasteiger charge is 2.22. The van der Waals surface area contributed by atoms with Crippen LogP contribution in [0.5, 0.6) is 5.75 Å². The first-order valence-electron chi connectivity index (χ1n) is 12.5. The van der Waals surface area contributed by atoms with E-state index in [0.717, 1.165) is 48.6 Å². The van der Waals surface area contributed by atoms with E-state index in [4.69, 9.17) is 9.84 Å². The van der Waals surface area contributed by atoms with Crippen LogP contribution >= 0.6 is 11.8 Å². The molecule has 0 amide bonds. The summed E-state index contributed by atoms with van der Waals surface area (Å²) in [6.45, 7) is 4.98. The van der Waals surface area contributed by atoms with Crippen molar-refractivity contribution in [3.05, 3.63) is 82.2 Å². The summed E-state index contributed by atoms with van der Waals surface area (Å²) < 4.78 is 20.6. The molecule has 0 spiro atoms. The number of hydrogen-bond donors (Lipinski definition) is 2. The number of thioether (sulfide) groups is 1. The van der Waals surface area contributed by atoms with Crippen LogP contribution in [0.4, 0.5) is 10.1 Å². The molecule has 4 nitrogen and oxygen atoms in total. The van der Waals surface area contributed by atoms with E-state index in [-0.39, 0.29) is 24.7 Å². The van der Waals surface area contributed by atoms with Gasteiger partial charge in [0.15, 0.2) is 0 Å². The maximum Gasteiger partial charge on any atom is 0.303 e. The number of fused-ring (bicyclic) bond motifs is 1. The van der Waals surface area contributed by atoms with Crippen LogP contribution in [0.15, 0.2) is 48.5 Å². The lowest BCUT2D eigenvalue weighted by Crippen LogP contribution is -2.19. The van der Waals surface area contributed by atoms with E-state index in [1.165, 1.54) is 33.9 Å². The van der Waals surface area contributed by atoms with Gasteiger partial charge in [-0.2, -0.15) is 11.8 Å². The number of aryl methyl sites for hydroxylation is 4. The highest BCUT2D eigenvalue weighted by molar-refractivity contribution is 7.98. The fraction of sp³-hybridized carbons (Fsp3) is 0.367. The summed E-state index contributed by atoms with van der Waals surface area (Å²) in [5.41, 5.74) is 8.24. The van der Waals surface area contributed by atoms with Gasteiger partial charge >= 0.3 is 5.97 Å². The fourth-order valence-electron chi connectivity index (χ4n) is 5.02. The van der Waals surface area contributed by atoms with Gasteiger partial charge in [0.05, 0.1) is 12.6 Å². The molecule has 190 valence electrons. The minimum atomic E-state index is -0.913. The molecule has 0 radical (unpaired) electrons. The third-order valence-electron chi connectivity index (χ3n) is 6.76. The molecule has 1 unspecified atom stereocenters. The van der Waals surface area contributed by atoms with Crippen LogP contribution < -0.4 is 10.1 Å². The monoisotopic (exact) mass is 507 g/mol. The third-order valence-corrected chi connectivity index (χ3v) is 7.45. The van der Waals surface area contributed by atoms with Crippen LogP contribution in [0.2, 0.25) is 0 Å². The van der Waals surface area contributed by atoms with E-state index < -0.39 is 5.97 Å². The van der Waals surface area contributed by atoms with Crippen molar-refractivity contribution in [3.63, 3.8) is 0 Å². The summed E-state index contributed by atoms with van der Waals surface area (Å²) in [7, 11) is 0. The molecule has 1 aliphatic heterocycles. The average molecular weight is 508 g/mol. The number of nitrogens with one attached hydrogen (secondary N) is 1. The standard InChI is InChI=1S/C30H34FNO3S/c1-19-14-25(35-12-5-13-36-3)15-20(2)30(19)24-7-4-6-22(17-24)27-10-8-23-16-21(9-11-29(33)34)26(31)18-28(23)32-27/h4,6-7,14-18,27,32H,5,8-13H2,1-3H3,(H,33,34). The molecule has 36 heavy (non-hydrogen) atoms. The van der Waals surface area contributed by atoms with Gasteiger partial charge < -0.3 is 15.2 Å². The number of carboxylic acids is 1. The van der Waals surface area contributed by atoms with Gasteiger partial charge in [0.2, 0.25) is 0 Å². The first-order valence-corrected chi connectivity index (χ1v) is 13.9. The van der Waals surface area contributed by atoms with Gasteiger partial charge in [-0.25, -0.2) is 4.39 Å². The maximum atomic E-state index is 14.6. The Labute approximate surface area is 217 Å². The van der Waals surface area contributed by atoms with Gasteiger partial charge in [0, 0.05) is 12.1 Å². The Morgan fingerprint density at radius 2 is 1.94 bits per heavy atom. The second-order valence-corrected chi connectivity index (χ2v) is 10.5. The van der Waals surface area contributed by atoms with E-state index in [1.807, 2.05) is 17.8 Å².